The van der Waals surface area contributed by atoms with Gasteiger partial charge in [-0.05, 0) is 50.2 Å². The minimum Gasteiger partial charge on any atom is -0.458 e. The minimum atomic E-state index is -0.522. The summed E-state index contributed by atoms with van der Waals surface area (Å²) in [4.78, 5) is 12.1. The summed E-state index contributed by atoms with van der Waals surface area (Å²) in [5.74, 6) is -0.562. The van der Waals surface area contributed by atoms with Crippen molar-refractivity contribution in [2.75, 3.05) is 0 Å². The third-order valence-electron chi connectivity index (χ3n) is 4.03. The molecule has 1 aromatic carbocycles. The van der Waals surface area contributed by atoms with Gasteiger partial charge in [0.05, 0.1) is 5.56 Å². The Bertz CT molecular complexity index is 456. The molecule has 1 aliphatic carbocycles. The van der Waals surface area contributed by atoms with E-state index in [0.717, 1.165) is 25.7 Å². The largest absolute Gasteiger partial charge is 0.458 e. The summed E-state index contributed by atoms with van der Waals surface area (Å²) < 4.78 is 19.4. The molecule has 19 heavy (non-hydrogen) atoms. The fourth-order valence-electron chi connectivity index (χ4n) is 2.80. The Morgan fingerprint density at radius 2 is 2.11 bits per heavy atom. The molecule has 0 amide bonds. The standard InChI is InChI=1S/C16H21FO2/c1-3-12-8-4-5-10-14(12)19-16(18)13-9-6-7-11(2)15(13)17/h6-7,9,12,14H,3-5,8,10H2,1-2H3. The van der Waals surface area contributed by atoms with Gasteiger partial charge in [0.2, 0.25) is 0 Å². The lowest BCUT2D eigenvalue weighted by Gasteiger charge is -2.30. The molecule has 2 rings (SSSR count). The van der Waals surface area contributed by atoms with Gasteiger partial charge in [-0.3, -0.25) is 0 Å². The van der Waals surface area contributed by atoms with Crippen LogP contribution in [-0.4, -0.2) is 12.1 Å². The Morgan fingerprint density at radius 3 is 2.84 bits per heavy atom. The van der Waals surface area contributed by atoms with E-state index in [-0.39, 0.29) is 11.7 Å². The maximum absolute atomic E-state index is 13.9. The number of ether oxygens (including phenoxy) is 1. The summed E-state index contributed by atoms with van der Waals surface area (Å²) in [6.07, 6.45) is 5.25. The van der Waals surface area contributed by atoms with E-state index in [0.29, 0.717) is 11.5 Å². The molecule has 2 unspecified atom stereocenters. The molecular weight excluding hydrogens is 243 g/mol. The summed E-state index contributed by atoms with van der Waals surface area (Å²) in [7, 11) is 0. The quantitative estimate of drug-likeness (QED) is 0.762. The van der Waals surface area contributed by atoms with Crippen molar-refractivity contribution in [3.63, 3.8) is 0 Å². The van der Waals surface area contributed by atoms with Crippen LogP contribution in [0.15, 0.2) is 18.2 Å². The first-order valence-corrected chi connectivity index (χ1v) is 7.09. The number of benzene rings is 1. The molecule has 0 saturated heterocycles. The number of halogens is 1. The summed E-state index contributed by atoms with van der Waals surface area (Å²) in [5.41, 5.74) is 0.533. The molecule has 0 aliphatic heterocycles. The second-order valence-electron chi connectivity index (χ2n) is 5.33. The average molecular weight is 264 g/mol. The predicted molar refractivity (Wildman–Crippen MR) is 72.6 cm³/mol. The number of carbonyl (C=O) groups is 1. The van der Waals surface area contributed by atoms with Crippen LogP contribution in [0.1, 0.15) is 54.9 Å². The number of hydrogen-bond donors (Lipinski definition) is 0. The van der Waals surface area contributed by atoms with Gasteiger partial charge in [0.15, 0.2) is 0 Å². The van der Waals surface area contributed by atoms with Crippen molar-refractivity contribution in [3.05, 3.63) is 35.1 Å². The van der Waals surface area contributed by atoms with Crippen LogP contribution in [0.5, 0.6) is 0 Å². The van der Waals surface area contributed by atoms with Crippen molar-refractivity contribution < 1.29 is 13.9 Å². The second-order valence-corrected chi connectivity index (χ2v) is 5.33. The molecule has 0 aromatic heterocycles. The molecule has 0 bridgehead atoms. The fourth-order valence-corrected chi connectivity index (χ4v) is 2.80. The van der Waals surface area contributed by atoms with E-state index in [1.54, 1.807) is 19.1 Å². The van der Waals surface area contributed by atoms with Crippen LogP contribution in [0.4, 0.5) is 4.39 Å². The van der Waals surface area contributed by atoms with Crippen LogP contribution in [0, 0.1) is 18.7 Å². The minimum absolute atomic E-state index is 0.0498. The van der Waals surface area contributed by atoms with Crippen LogP contribution < -0.4 is 0 Å². The number of aryl methyl sites for hydroxylation is 1. The number of hydrogen-bond acceptors (Lipinski definition) is 2. The van der Waals surface area contributed by atoms with Gasteiger partial charge < -0.3 is 4.74 Å². The highest BCUT2D eigenvalue weighted by Gasteiger charge is 2.28. The van der Waals surface area contributed by atoms with Crippen molar-refractivity contribution >= 4 is 5.97 Å². The zero-order valence-electron chi connectivity index (χ0n) is 11.6. The van der Waals surface area contributed by atoms with Crippen molar-refractivity contribution in [1.82, 2.24) is 0 Å². The van der Waals surface area contributed by atoms with Crippen molar-refractivity contribution in [1.29, 1.82) is 0 Å². The molecule has 0 N–H and O–H groups in total. The predicted octanol–water partition coefficient (Wildman–Crippen LogP) is 4.26. The average Bonchev–Trinajstić information content (AvgIpc) is 2.42. The summed E-state index contributed by atoms with van der Waals surface area (Å²) in [6.45, 7) is 3.77. The van der Waals surface area contributed by atoms with Crippen molar-refractivity contribution in [2.24, 2.45) is 5.92 Å². The molecule has 1 aromatic rings. The van der Waals surface area contributed by atoms with Crippen LogP contribution in [-0.2, 0) is 4.74 Å². The lowest BCUT2D eigenvalue weighted by Crippen LogP contribution is -2.30. The van der Waals surface area contributed by atoms with Crippen LogP contribution in [0.25, 0.3) is 0 Å². The highest BCUT2D eigenvalue weighted by molar-refractivity contribution is 5.90. The van der Waals surface area contributed by atoms with Crippen molar-refractivity contribution in [3.8, 4) is 0 Å². The number of rotatable bonds is 3. The zero-order chi connectivity index (χ0) is 13.8. The van der Waals surface area contributed by atoms with Crippen molar-refractivity contribution in [2.45, 2.75) is 52.1 Å². The molecule has 3 heteroatoms. The Morgan fingerprint density at radius 1 is 1.37 bits per heavy atom. The Hall–Kier alpha value is -1.38. The van der Waals surface area contributed by atoms with Crippen LogP contribution >= 0.6 is 0 Å². The smallest absolute Gasteiger partial charge is 0.341 e. The van der Waals surface area contributed by atoms with E-state index < -0.39 is 11.8 Å². The van der Waals surface area contributed by atoms with Crippen LogP contribution in [0.3, 0.4) is 0 Å². The topological polar surface area (TPSA) is 26.3 Å². The lowest BCUT2D eigenvalue weighted by atomic mass is 9.85. The van der Waals surface area contributed by atoms with Gasteiger partial charge in [0.25, 0.3) is 0 Å². The lowest BCUT2D eigenvalue weighted by molar-refractivity contribution is 0.000260. The van der Waals surface area contributed by atoms with Gasteiger partial charge in [-0.15, -0.1) is 0 Å². The third-order valence-corrected chi connectivity index (χ3v) is 4.03. The first-order chi connectivity index (χ1) is 9.13. The van der Waals surface area contributed by atoms with E-state index >= 15 is 0 Å². The zero-order valence-corrected chi connectivity index (χ0v) is 11.6. The first-order valence-electron chi connectivity index (χ1n) is 7.09. The molecular formula is C16H21FO2. The number of carbonyl (C=O) groups excluding carboxylic acids is 1. The molecule has 0 heterocycles. The Balaban J connectivity index is 2.09. The summed E-state index contributed by atoms with van der Waals surface area (Å²) in [5, 5.41) is 0. The van der Waals surface area contributed by atoms with Gasteiger partial charge in [-0.1, -0.05) is 25.5 Å². The monoisotopic (exact) mass is 264 g/mol. The molecule has 2 atom stereocenters. The fraction of sp³-hybridized carbons (Fsp3) is 0.562. The SMILES string of the molecule is CCC1CCCCC1OC(=O)c1cccc(C)c1F. The highest BCUT2D eigenvalue weighted by Crippen LogP contribution is 2.30. The second kappa shape index (κ2) is 6.18. The summed E-state index contributed by atoms with van der Waals surface area (Å²) in [6, 6.07) is 4.84. The molecule has 1 aliphatic rings. The van der Waals surface area contributed by atoms with E-state index in [4.69, 9.17) is 4.74 Å². The molecule has 104 valence electrons. The van der Waals surface area contributed by atoms with Gasteiger partial charge in [-0.25, -0.2) is 9.18 Å². The third kappa shape index (κ3) is 3.14. The van der Waals surface area contributed by atoms with E-state index in [1.165, 1.54) is 12.5 Å². The molecule has 2 nitrogen and oxygen atoms in total. The van der Waals surface area contributed by atoms with Gasteiger partial charge >= 0.3 is 5.97 Å². The molecule has 1 saturated carbocycles. The molecule has 1 fully saturated rings. The Labute approximate surface area is 114 Å². The summed E-state index contributed by atoms with van der Waals surface area (Å²) >= 11 is 0. The maximum atomic E-state index is 13.9. The van der Waals surface area contributed by atoms with E-state index in [2.05, 4.69) is 6.92 Å². The van der Waals surface area contributed by atoms with Gasteiger partial charge in [0, 0.05) is 0 Å². The molecule has 0 radical (unpaired) electrons. The van der Waals surface area contributed by atoms with E-state index in [1.807, 2.05) is 0 Å². The normalized spacial score (nSPS) is 23.1. The van der Waals surface area contributed by atoms with Gasteiger partial charge in [-0.2, -0.15) is 0 Å². The maximum Gasteiger partial charge on any atom is 0.341 e. The van der Waals surface area contributed by atoms with Crippen LogP contribution in [0.2, 0.25) is 0 Å². The first kappa shape index (κ1) is 14.0. The van der Waals surface area contributed by atoms with E-state index in [9.17, 15) is 9.18 Å². The number of esters is 1. The Kier molecular flexibility index (Phi) is 4.56. The molecule has 0 spiro atoms. The highest BCUT2D eigenvalue weighted by atomic mass is 19.1. The van der Waals surface area contributed by atoms with Gasteiger partial charge in [0.1, 0.15) is 11.9 Å².